The van der Waals surface area contributed by atoms with Crippen molar-refractivity contribution in [3.05, 3.63) is 19.7 Å². The maximum Gasteiger partial charge on any atom is 0.146 e. The van der Waals surface area contributed by atoms with E-state index in [1.54, 1.807) is 22.7 Å². The standard InChI is InChI=1S/C50H84Br2O2S2/c1-3-5-7-9-11-13-15-17-19-21-23-25-27-29-31-33-35-37-39-53-47-43-41-45(51)56-50(43)48(44-42-46(52)55-49(44)47)54-40-38-36-34-32-30-28-26-24-22-20-18-16-14-12-10-8-6-4-2/h41-42H,3-40H2,1-2H3. The topological polar surface area (TPSA) is 18.5 Å². The van der Waals surface area contributed by atoms with E-state index in [9.17, 15) is 0 Å². The summed E-state index contributed by atoms with van der Waals surface area (Å²) < 4.78 is 17.9. The van der Waals surface area contributed by atoms with Gasteiger partial charge < -0.3 is 9.47 Å². The van der Waals surface area contributed by atoms with Crippen LogP contribution in [0.5, 0.6) is 11.5 Å². The summed E-state index contributed by atoms with van der Waals surface area (Å²) in [5, 5.41) is 2.39. The Morgan fingerprint density at radius 1 is 0.339 bits per heavy atom. The number of fused-ring (bicyclic) bond motifs is 2. The monoisotopic (exact) mass is 938 g/mol. The largest absolute Gasteiger partial charge is 0.491 e. The highest BCUT2D eigenvalue weighted by Gasteiger charge is 2.21. The van der Waals surface area contributed by atoms with Gasteiger partial charge in [0, 0.05) is 10.8 Å². The van der Waals surface area contributed by atoms with Crippen LogP contribution in [0.4, 0.5) is 0 Å². The lowest BCUT2D eigenvalue weighted by atomic mass is 10.0. The molecule has 0 aliphatic heterocycles. The first kappa shape index (κ1) is 50.1. The van der Waals surface area contributed by atoms with Gasteiger partial charge in [0.1, 0.15) is 11.5 Å². The van der Waals surface area contributed by atoms with Crippen molar-refractivity contribution in [2.75, 3.05) is 13.2 Å². The van der Waals surface area contributed by atoms with Gasteiger partial charge in [-0.2, -0.15) is 0 Å². The third-order valence-corrected chi connectivity index (χ3v) is 15.1. The van der Waals surface area contributed by atoms with E-state index in [0.29, 0.717) is 0 Å². The van der Waals surface area contributed by atoms with Gasteiger partial charge >= 0.3 is 0 Å². The molecule has 2 aromatic heterocycles. The van der Waals surface area contributed by atoms with Crippen LogP contribution in [0.2, 0.25) is 0 Å². The fraction of sp³-hybridized carbons (Fsp3) is 0.800. The fourth-order valence-corrected chi connectivity index (χ4v) is 11.5. The summed E-state index contributed by atoms with van der Waals surface area (Å²) >= 11 is 11.1. The number of rotatable bonds is 40. The predicted molar refractivity (Wildman–Crippen MR) is 261 cm³/mol. The number of halogens is 2. The van der Waals surface area contributed by atoms with E-state index in [1.807, 2.05) is 0 Å². The highest BCUT2D eigenvalue weighted by molar-refractivity contribution is 9.11. The highest BCUT2D eigenvalue weighted by atomic mass is 79.9. The molecule has 0 aliphatic rings. The maximum atomic E-state index is 6.61. The molecule has 0 radical (unpaired) electrons. The van der Waals surface area contributed by atoms with Crippen LogP contribution < -0.4 is 9.47 Å². The van der Waals surface area contributed by atoms with Crippen molar-refractivity contribution in [2.45, 2.75) is 245 Å². The Labute approximate surface area is 371 Å². The number of ether oxygens (including phenoxy) is 2. The van der Waals surface area contributed by atoms with Gasteiger partial charge in [0.25, 0.3) is 0 Å². The van der Waals surface area contributed by atoms with Gasteiger partial charge in [0.05, 0.1) is 30.2 Å². The molecule has 0 amide bonds. The summed E-state index contributed by atoms with van der Waals surface area (Å²) in [6, 6.07) is 4.47. The number of thiophene rings is 2. The summed E-state index contributed by atoms with van der Waals surface area (Å²) in [6.45, 7) is 6.17. The van der Waals surface area contributed by atoms with E-state index in [0.717, 1.165) is 45.1 Å². The Hall–Kier alpha value is -0.300. The molecule has 1 aromatic carbocycles. The highest BCUT2D eigenvalue weighted by Crippen LogP contribution is 2.51. The molecule has 0 saturated carbocycles. The molecule has 0 aliphatic carbocycles. The maximum absolute atomic E-state index is 6.61. The molecule has 2 nitrogen and oxygen atoms in total. The molecular weight excluding hydrogens is 856 g/mol. The first-order valence-corrected chi connectivity index (χ1v) is 27.5. The molecular formula is C50H84Br2O2S2. The zero-order chi connectivity index (χ0) is 39.7. The Balaban J connectivity index is 1.22. The van der Waals surface area contributed by atoms with Gasteiger partial charge in [-0.05, 0) is 56.8 Å². The SMILES string of the molecule is CCCCCCCCCCCCCCCCCCCCOc1c2cc(Br)sc2c(OCCCCCCCCCCCCCCCCCCCC)c2cc(Br)sc12. The van der Waals surface area contributed by atoms with Gasteiger partial charge in [-0.1, -0.05) is 232 Å². The number of unbranched alkanes of at least 4 members (excludes halogenated alkanes) is 34. The summed E-state index contributed by atoms with van der Waals surface area (Å²) in [4.78, 5) is 0. The minimum absolute atomic E-state index is 0.783. The van der Waals surface area contributed by atoms with Gasteiger partial charge in [-0.25, -0.2) is 0 Å². The van der Waals surface area contributed by atoms with Crippen molar-refractivity contribution in [1.29, 1.82) is 0 Å². The zero-order valence-corrected chi connectivity index (χ0v) is 41.2. The molecule has 0 atom stereocenters. The van der Waals surface area contributed by atoms with Crippen LogP contribution in [0.1, 0.15) is 245 Å². The Morgan fingerprint density at radius 2 is 0.554 bits per heavy atom. The second-order valence-electron chi connectivity index (χ2n) is 17.0. The molecule has 3 aromatic rings. The van der Waals surface area contributed by atoms with Crippen LogP contribution in [0.3, 0.4) is 0 Å². The molecule has 2 heterocycles. The normalized spacial score (nSPS) is 11.8. The second-order valence-corrected chi connectivity index (χ2v) is 21.8. The average molecular weight is 941 g/mol. The van der Waals surface area contributed by atoms with Gasteiger partial charge in [-0.15, -0.1) is 22.7 Å². The molecule has 0 saturated heterocycles. The van der Waals surface area contributed by atoms with Crippen LogP contribution in [0.15, 0.2) is 19.7 Å². The molecule has 0 N–H and O–H groups in total. The summed E-state index contributed by atoms with van der Waals surface area (Å²) in [5.41, 5.74) is 0. The van der Waals surface area contributed by atoms with E-state index in [1.165, 1.54) is 238 Å². The van der Waals surface area contributed by atoms with E-state index in [2.05, 4.69) is 57.8 Å². The first-order valence-electron chi connectivity index (χ1n) is 24.2. The van der Waals surface area contributed by atoms with E-state index in [4.69, 9.17) is 9.47 Å². The van der Waals surface area contributed by atoms with Crippen molar-refractivity contribution in [2.24, 2.45) is 0 Å². The van der Waals surface area contributed by atoms with Gasteiger partial charge in [-0.3, -0.25) is 0 Å². The van der Waals surface area contributed by atoms with Crippen molar-refractivity contribution in [3.8, 4) is 11.5 Å². The van der Waals surface area contributed by atoms with Crippen LogP contribution in [-0.2, 0) is 0 Å². The minimum Gasteiger partial charge on any atom is -0.491 e. The van der Waals surface area contributed by atoms with Crippen molar-refractivity contribution in [3.63, 3.8) is 0 Å². The van der Waals surface area contributed by atoms with Crippen LogP contribution in [-0.4, -0.2) is 13.2 Å². The molecule has 322 valence electrons. The van der Waals surface area contributed by atoms with Gasteiger partial charge in [0.15, 0.2) is 0 Å². The molecule has 0 spiro atoms. The van der Waals surface area contributed by atoms with E-state index < -0.39 is 0 Å². The Bertz CT molecular complexity index is 1200. The van der Waals surface area contributed by atoms with Crippen LogP contribution in [0.25, 0.3) is 20.2 Å². The molecule has 56 heavy (non-hydrogen) atoms. The summed E-state index contributed by atoms with van der Waals surface area (Å²) in [6.07, 6.45) is 50.3. The quantitative estimate of drug-likeness (QED) is 0.0529. The molecule has 3 rings (SSSR count). The zero-order valence-electron chi connectivity index (χ0n) is 36.4. The number of hydrogen-bond donors (Lipinski definition) is 0. The lowest BCUT2D eigenvalue weighted by molar-refractivity contribution is 0.307. The summed E-state index contributed by atoms with van der Waals surface area (Å²) in [5.74, 6) is 2.08. The van der Waals surface area contributed by atoms with E-state index >= 15 is 0 Å². The third kappa shape index (κ3) is 22.3. The van der Waals surface area contributed by atoms with Crippen LogP contribution >= 0.6 is 54.5 Å². The summed E-state index contributed by atoms with van der Waals surface area (Å²) in [7, 11) is 0. The Morgan fingerprint density at radius 3 is 0.786 bits per heavy atom. The molecule has 0 bridgehead atoms. The molecule has 6 heteroatoms. The lowest BCUT2D eigenvalue weighted by Gasteiger charge is -2.14. The molecule has 0 fully saturated rings. The lowest BCUT2D eigenvalue weighted by Crippen LogP contribution is -2.00. The van der Waals surface area contributed by atoms with Crippen molar-refractivity contribution < 1.29 is 9.47 Å². The number of benzene rings is 1. The average Bonchev–Trinajstić information content (AvgIpc) is 3.78. The van der Waals surface area contributed by atoms with Crippen molar-refractivity contribution >= 4 is 74.7 Å². The first-order chi connectivity index (χ1) is 27.7. The predicted octanol–water partition coefficient (Wildman–Crippen LogP) is 20.5. The second kappa shape index (κ2) is 34.4. The van der Waals surface area contributed by atoms with Gasteiger partial charge in [0.2, 0.25) is 0 Å². The van der Waals surface area contributed by atoms with Crippen LogP contribution in [0, 0.1) is 0 Å². The molecule has 0 unspecified atom stereocenters. The third-order valence-electron chi connectivity index (χ3n) is 11.8. The smallest absolute Gasteiger partial charge is 0.146 e. The Kier molecular flexibility index (Phi) is 30.8. The fourth-order valence-electron chi connectivity index (χ4n) is 8.28. The van der Waals surface area contributed by atoms with E-state index in [-0.39, 0.29) is 0 Å². The number of hydrogen-bond acceptors (Lipinski definition) is 4. The minimum atomic E-state index is 0.783. The van der Waals surface area contributed by atoms with Crippen molar-refractivity contribution in [1.82, 2.24) is 0 Å².